The number of hydrogen-bond donors (Lipinski definition) is 2. The molecule has 0 bridgehead atoms. The van der Waals surface area contributed by atoms with Gasteiger partial charge in [0.25, 0.3) is 5.91 Å². The topological polar surface area (TPSA) is 115 Å². The Morgan fingerprint density at radius 1 is 1.36 bits per heavy atom. The van der Waals surface area contributed by atoms with Crippen molar-refractivity contribution >= 4 is 45.9 Å². The Hall–Kier alpha value is -2.40. The fourth-order valence-corrected chi connectivity index (χ4v) is 4.36. The lowest BCUT2D eigenvalue weighted by atomic mass is 10.1. The van der Waals surface area contributed by atoms with Crippen LogP contribution < -0.4 is 10.6 Å². The Morgan fingerprint density at radius 2 is 2.07 bits per heavy atom. The van der Waals surface area contributed by atoms with Crippen LogP contribution in [0.3, 0.4) is 0 Å². The molecule has 0 aliphatic heterocycles. The van der Waals surface area contributed by atoms with E-state index < -0.39 is 5.97 Å². The van der Waals surface area contributed by atoms with Crippen molar-refractivity contribution in [1.29, 1.82) is 0 Å². The van der Waals surface area contributed by atoms with Gasteiger partial charge in [-0.05, 0) is 33.3 Å². The van der Waals surface area contributed by atoms with E-state index in [1.165, 1.54) is 18.8 Å². The third-order valence-corrected chi connectivity index (χ3v) is 5.90. The molecule has 28 heavy (non-hydrogen) atoms. The lowest BCUT2D eigenvalue weighted by Gasteiger charge is -2.09. The van der Waals surface area contributed by atoms with Gasteiger partial charge in [0.05, 0.1) is 22.8 Å². The van der Waals surface area contributed by atoms with Gasteiger partial charge in [0, 0.05) is 13.1 Å². The molecule has 0 radical (unpaired) electrons. The molecule has 2 aromatic heterocycles. The Bertz CT molecular complexity index is 875. The van der Waals surface area contributed by atoms with Crippen molar-refractivity contribution in [2.45, 2.75) is 38.9 Å². The predicted octanol–water partition coefficient (Wildman–Crippen LogP) is 2.50. The van der Waals surface area contributed by atoms with Gasteiger partial charge in [-0.15, -0.1) is 21.5 Å². The lowest BCUT2D eigenvalue weighted by molar-refractivity contribution is -0.113. The first-order chi connectivity index (χ1) is 13.3. The first-order valence-electron chi connectivity index (χ1n) is 8.64. The van der Waals surface area contributed by atoms with Crippen molar-refractivity contribution in [1.82, 2.24) is 20.1 Å². The molecule has 0 aromatic carbocycles. The number of esters is 1. The summed E-state index contributed by atoms with van der Waals surface area (Å²) in [5.74, 6) is -1.14. The number of rotatable bonds is 8. The average Bonchev–Trinajstić information content (AvgIpc) is 3.24. The van der Waals surface area contributed by atoms with Gasteiger partial charge in [0.1, 0.15) is 11.3 Å². The fraction of sp³-hybridized carbons (Fsp3) is 0.471. The number of hydrogen-bond acceptors (Lipinski definition) is 8. The SMILES string of the molecule is CCOC(=O)c1c(NC(=O)CSc2nncn2C(C)C)sc(C(=O)NC)c1C. The van der Waals surface area contributed by atoms with Crippen LogP contribution in [-0.2, 0) is 9.53 Å². The highest BCUT2D eigenvalue weighted by Crippen LogP contribution is 2.34. The van der Waals surface area contributed by atoms with E-state index in [4.69, 9.17) is 4.74 Å². The van der Waals surface area contributed by atoms with Gasteiger partial charge < -0.3 is 19.9 Å². The Morgan fingerprint density at radius 3 is 2.68 bits per heavy atom. The second kappa shape index (κ2) is 9.69. The number of carbonyl (C=O) groups excluding carboxylic acids is 3. The molecule has 0 aliphatic rings. The second-order valence-electron chi connectivity index (χ2n) is 6.01. The minimum Gasteiger partial charge on any atom is -0.462 e. The molecule has 0 spiro atoms. The van der Waals surface area contributed by atoms with E-state index >= 15 is 0 Å². The van der Waals surface area contributed by atoms with Crippen LogP contribution in [0.1, 0.15) is 52.4 Å². The van der Waals surface area contributed by atoms with Gasteiger partial charge in [-0.2, -0.15) is 0 Å². The summed E-state index contributed by atoms with van der Waals surface area (Å²) in [6, 6.07) is 0.172. The maximum Gasteiger partial charge on any atom is 0.341 e. The summed E-state index contributed by atoms with van der Waals surface area (Å²) < 4.78 is 6.94. The zero-order chi connectivity index (χ0) is 20.8. The van der Waals surface area contributed by atoms with Gasteiger partial charge in [-0.25, -0.2) is 4.79 Å². The average molecular weight is 426 g/mol. The van der Waals surface area contributed by atoms with Crippen molar-refractivity contribution in [3.05, 3.63) is 22.3 Å². The van der Waals surface area contributed by atoms with Crippen molar-refractivity contribution in [2.24, 2.45) is 0 Å². The molecule has 9 nitrogen and oxygen atoms in total. The molecule has 152 valence electrons. The van der Waals surface area contributed by atoms with Crippen LogP contribution in [0.25, 0.3) is 0 Å². The van der Waals surface area contributed by atoms with Gasteiger partial charge in [-0.3, -0.25) is 9.59 Å². The fourth-order valence-electron chi connectivity index (χ4n) is 2.36. The number of aromatic nitrogens is 3. The maximum atomic E-state index is 12.4. The molecule has 0 fully saturated rings. The van der Waals surface area contributed by atoms with Crippen LogP contribution in [0, 0.1) is 6.92 Å². The van der Waals surface area contributed by atoms with Crippen LogP contribution in [0.2, 0.25) is 0 Å². The summed E-state index contributed by atoms with van der Waals surface area (Å²) in [4.78, 5) is 37.2. The number of nitrogens with zero attached hydrogens (tertiary/aromatic N) is 3. The number of carbonyl (C=O) groups is 3. The molecule has 0 saturated carbocycles. The normalized spacial score (nSPS) is 10.8. The Balaban J connectivity index is 2.19. The first-order valence-corrected chi connectivity index (χ1v) is 10.4. The van der Waals surface area contributed by atoms with Crippen LogP contribution in [-0.4, -0.2) is 52.0 Å². The van der Waals surface area contributed by atoms with Crippen molar-refractivity contribution in [3.8, 4) is 0 Å². The molecule has 0 aliphatic carbocycles. The summed E-state index contributed by atoms with van der Waals surface area (Å²) >= 11 is 2.29. The lowest BCUT2D eigenvalue weighted by Crippen LogP contribution is -2.18. The predicted molar refractivity (Wildman–Crippen MR) is 108 cm³/mol. The molecular weight excluding hydrogens is 402 g/mol. The summed E-state index contributed by atoms with van der Waals surface area (Å²) in [5.41, 5.74) is 0.680. The molecule has 2 heterocycles. The van der Waals surface area contributed by atoms with E-state index in [1.54, 1.807) is 20.2 Å². The highest BCUT2D eigenvalue weighted by molar-refractivity contribution is 7.99. The van der Waals surface area contributed by atoms with Crippen LogP contribution >= 0.6 is 23.1 Å². The van der Waals surface area contributed by atoms with Crippen molar-refractivity contribution in [2.75, 3.05) is 24.7 Å². The Labute approximate surface area is 171 Å². The molecule has 0 atom stereocenters. The monoisotopic (exact) mass is 425 g/mol. The standard InChI is InChI=1S/C17H23N5O4S2/c1-6-26-16(25)12-10(4)13(14(24)18-5)28-15(12)20-11(23)7-27-17-21-19-8-22(17)9(2)3/h8-9H,6-7H2,1-5H3,(H,18,24)(H,20,23). The van der Waals surface area contributed by atoms with E-state index in [0.29, 0.717) is 20.6 Å². The van der Waals surface area contributed by atoms with Gasteiger partial charge in [0.15, 0.2) is 5.16 Å². The zero-order valence-electron chi connectivity index (χ0n) is 16.4. The molecule has 2 rings (SSSR count). The third kappa shape index (κ3) is 4.90. The van der Waals surface area contributed by atoms with Gasteiger partial charge in [-0.1, -0.05) is 11.8 Å². The van der Waals surface area contributed by atoms with Crippen molar-refractivity contribution in [3.63, 3.8) is 0 Å². The smallest absolute Gasteiger partial charge is 0.341 e. The summed E-state index contributed by atoms with van der Waals surface area (Å²) in [6.07, 6.45) is 1.61. The maximum absolute atomic E-state index is 12.4. The number of amides is 2. The number of nitrogens with one attached hydrogen (secondary N) is 2. The first kappa shape index (κ1) is 21.9. The minimum absolute atomic E-state index is 0.0833. The van der Waals surface area contributed by atoms with Gasteiger partial charge >= 0.3 is 5.97 Å². The highest BCUT2D eigenvalue weighted by Gasteiger charge is 2.26. The molecule has 11 heteroatoms. The summed E-state index contributed by atoms with van der Waals surface area (Å²) in [7, 11) is 1.51. The van der Waals surface area contributed by atoms with Crippen molar-refractivity contribution < 1.29 is 19.1 Å². The number of thiophene rings is 1. The zero-order valence-corrected chi connectivity index (χ0v) is 18.0. The molecule has 0 unspecified atom stereocenters. The molecular formula is C17H23N5O4S2. The summed E-state index contributed by atoms with van der Waals surface area (Å²) in [6.45, 7) is 7.53. The van der Waals surface area contributed by atoms with Gasteiger partial charge in [0.2, 0.25) is 5.91 Å². The largest absolute Gasteiger partial charge is 0.462 e. The van der Waals surface area contributed by atoms with Crippen LogP contribution in [0.5, 0.6) is 0 Å². The van der Waals surface area contributed by atoms with Crippen LogP contribution in [0.15, 0.2) is 11.5 Å². The molecule has 2 amide bonds. The van der Waals surface area contributed by atoms with Crippen LogP contribution in [0.4, 0.5) is 5.00 Å². The minimum atomic E-state index is -0.575. The third-order valence-electron chi connectivity index (χ3n) is 3.74. The second-order valence-corrected chi connectivity index (χ2v) is 7.97. The van der Waals surface area contributed by atoms with E-state index in [1.807, 2.05) is 18.4 Å². The number of thioether (sulfide) groups is 1. The quantitative estimate of drug-likeness (QED) is 0.493. The van der Waals surface area contributed by atoms with E-state index in [2.05, 4.69) is 20.8 Å². The molecule has 2 N–H and O–H groups in total. The van der Waals surface area contributed by atoms with E-state index in [-0.39, 0.29) is 35.8 Å². The van der Waals surface area contributed by atoms with E-state index in [9.17, 15) is 14.4 Å². The number of anilines is 1. The molecule has 2 aromatic rings. The Kier molecular flexibility index (Phi) is 7.58. The summed E-state index contributed by atoms with van der Waals surface area (Å²) in [5, 5.41) is 14.1. The number of ether oxygens (including phenoxy) is 1. The highest BCUT2D eigenvalue weighted by atomic mass is 32.2. The molecule has 0 saturated heterocycles. The van der Waals surface area contributed by atoms with E-state index in [0.717, 1.165) is 11.3 Å².